The van der Waals surface area contributed by atoms with Crippen molar-refractivity contribution < 1.29 is 13.2 Å². The molecule has 9 heteroatoms. The van der Waals surface area contributed by atoms with Gasteiger partial charge >= 0.3 is 0 Å². The second kappa shape index (κ2) is 5.70. The van der Waals surface area contributed by atoms with E-state index in [1.807, 2.05) is 0 Å². The maximum absolute atomic E-state index is 11.4. The first-order valence-corrected chi connectivity index (χ1v) is 7.24. The van der Waals surface area contributed by atoms with Crippen LogP contribution in [0.5, 0.6) is 0 Å². The molecular weight excluding hydrogens is 264 g/mol. The van der Waals surface area contributed by atoms with Crippen LogP contribution in [-0.2, 0) is 14.6 Å². The highest BCUT2D eigenvalue weighted by atomic mass is 32.2. The Bertz CT molecular complexity index is 543. The maximum Gasteiger partial charge on any atom is 0.241 e. The zero-order chi connectivity index (χ0) is 12.9. The molecule has 0 fully saturated rings. The van der Waals surface area contributed by atoms with Gasteiger partial charge in [0.1, 0.15) is 10.8 Å². The Morgan fingerprint density at radius 2 is 2.24 bits per heavy atom. The van der Waals surface area contributed by atoms with Crippen molar-refractivity contribution in [2.24, 2.45) is 0 Å². The molecule has 1 heterocycles. The van der Waals surface area contributed by atoms with E-state index in [0.29, 0.717) is 5.01 Å². The second-order valence-electron chi connectivity index (χ2n) is 3.17. The molecule has 92 valence electrons. The molecule has 1 aromatic rings. The fraction of sp³-hybridized carbons (Fsp3) is 0.500. The Kier molecular flexibility index (Phi) is 4.53. The average molecular weight is 274 g/mol. The highest BCUT2D eigenvalue weighted by molar-refractivity contribution is 7.92. The van der Waals surface area contributed by atoms with Gasteiger partial charge in [-0.3, -0.25) is 10.1 Å². The molecule has 0 bridgehead atoms. The summed E-state index contributed by atoms with van der Waals surface area (Å²) in [6.07, 6.45) is -0.118. The Labute approximate surface area is 102 Å². The molecule has 1 N–H and O–H groups in total. The topological polar surface area (TPSA) is 113 Å². The quantitative estimate of drug-likeness (QED) is 0.815. The molecule has 0 aromatic carbocycles. The molecular formula is C8H10N4O3S2. The van der Waals surface area contributed by atoms with Gasteiger partial charge in [0.05, 0.1) is 11.8 Å². The number of nitrogens with one attached hydrogen (secondary N) is 1. The van der Waals surface area contributed by atoms with E-state index >= 15 is 0 Å². The molecule has 0 atom stereocenters. The molecule has 1 amide bonds. The van der Waals surface area contributed by atoms with Crippen LogP contribution in [0, 0.1) is 18.3 Å². The molecule has 7 nitrogen and oxygen atoms in total. The molecule has 1 aromatic heterocycles. The number of aryl methyl sites for hydroxylation is 1. The van der Waals surface area contributed by atoms with Crippen LogP contribution in [-0.4, -0.2) is 36.0 Å². The fourth-order valence-electron chi connectivity index (χ4n) is 0.975. The monoisotopic (exact) mass is 274 g/mol. The SMILES string of the molecule is Cc1nnc(NC(=O)CS(=O)(=O)CCC#N)s1. The molecule has 0 unspecified atom stereocenters. The first kappa shape index (κ1) is 13.5. The molecule has 1 rings (SSSR count). The molecule has 0 saturated carbocycles. The zero-order valence-corrected chi connectivity index (χ0v) is 10.6. The van der Waals surface area contributed by atoms with Gasteiger partial charge < -0.3 is 0 Å². The molecule has 0 spiro atoms. The third-order valence-electron chi connectivity index (χ3n) is 1.65. The molecule has 0 saturated heterocycles. The van der Waals surface area contributed by atoms with Crippen molar-refractivity contribution in [1.29, 1.82) is 5.26 Å². The summed E-state index contributed by atoms with van der Waals surface area (Å²) < 4.78 is 22.7. The van der Waals surface area contributed by atoms with Gasteiger partial charge in [-0.05, 0) is 6.92 Å². The Hall–Kier alpha value is -1.53. The van der Waals surface area contributed by atoms with Gasteiger partial charge in [0, 0.05) is 6.42 Å². The van der Waals surface area contributed by atoms with Crippen LogP contribution in [0.3, 0.4) is 0 Å². The Morgan fingerprint density at radius 3 is 2.76 bits per heavy atom. The van der Waals surface area contributed by atoms with Crippen LogP contribution in [0.1, 0.15) is 11.4 Å². The summed E-state index contributed by atoms with van der Waals surface area (Å²) in [7, 11) is -3.53. The number of rotatable bonds is 5. The molecule has 0 radical (unpaired) electrons. The number of carbonyl (C=O) groups is 1. The van der Waals surface area contributed by atoms with Gasteiger partial charge in [-0.25, -0.2) is 8.42 Å². The van der Waals surface area contributed by atoms with Crippen molar-refractivity contribution in [2.75, 3.05) is 16.8 Å². The highest BCUT2D eigenvalue weighted by Crippen LogP contribution is 2.13. The number of hydrogen-bond donors (Lipinski definition) is 1. The van der Waals surface area contributed by atoms with Gasteiger partial charge in [0.25, 0.3) is 0 Å². The minimum atomic E-state index is -3.53. The van der Waals surface area contributed by atoms with E-state index in [9.17, 15) is 13.2 Å². The molecule has 17 heavy (non-hydrogen) atoms. The number of carbonyl (C=O) groups excluding carboxylic acids is 1. The smallest absolute Gasteiger partial charge is 0.241 e. The van der Waals surface area contributed by atoms with E-state index in [1.165, 1.54) is 0 Å². The standard InChI is InChI=1S/C8H10N4O3S2/c1-6-11-12-8(16-6)10-7(13)5-17(14,15)4-2-3-9/h2,4-5H2,1H3,(H,10,12,13). The summed E-state index contributed by atoms with van der Waals surface area (Å²) in [6, 6.07) is 1.72. The Balaban J connectivity index is 2.53. The Morgan fingerprint density at radius 1 is 1.53 bits per heavy atom. The van der Waals surface area contributed by atoms with E-state index in [-0.39, 0.29) is 17.3 Å². The lowest BCUT2D eigenvalue weighted by Crippen LogP contribution is -2.24. The third-order valence-corrected chi connectivity index (χ3v) is 3.93. The van der Waals surface area contributed by atoms with Crippen molar-refractivity contribution in [1.82, 2.24) is 10.2 Å². The average Bonchev–Trinajstić information content (AvgIpc) is 2.60. The minimum absolute atomic E-state index is 0.118. The van der Waals surface area contributed by atoms with Gasteiger partial charge in [-0.15, -0.1) is 10.2 Å². The zero-order valence-electron chi connectivity index (χ0n) is 9.00. The summed E-state index contributed by atoms with van der Waals surface area (Å²) in [5.41, 5.74) is 0. The molecule has 0 aliphatic heterocycles. The van der Waals surface area contributed by atoms with Crippen LogP contribution in [0.25, 0.3) is 0 Å². The van der Waals surface area contributed by atoms with Gasteiger partial charge in [-0.2, -0.15) is 5.26 Å². The largest absolute Gasteiger partial charge is 0.300 e. The van der Waals surface area contributed by atoms with Crippen LogP contribution in [0.2, 0.25) is 0 Å². The third kappa shape index (κ3) is 4.88. The summed E-state index contributed by atoms with van der Waals surface area (Å²) in [4.78, 5) is 11.4. The lowest BCUT2D eigenvalue weighted by atomic mass is 10.6. The number of nitrogens with zero attached hydrogens (tertiary/aromatic N) is 3. The van der Waals surface area contributed by atoms with Crippen LogP contribution in [0.15, 0.2) is 0 Å². The van der Waals surface area contributed by atoms with Crippen molar-refractivity contribution in [3.05, 3.63) is 5.01 Å². The fourth-order valence-corrected chi connectivity index (χ4v) is 2.60. The van der Waals surface area contributed by atoms with Gasteiger partial charge in [0.15, 0.2) is 9.84 Å². The predicted octanol–water partition coefficient (Wildman–Crippen LogP) is 0.113. The number of aromatic nitrogens is 2. The number of nitriles is 1. The summed E-state index contributed by atoms with van der Waals surface area (Å²) >= 11 is 1.16. The highest BCUT2D eigenvalue weighted by Gasteiger charge is 2.17. The van der Waals surface area contributed by atoms with Gasteiger partial charge in [-0.1, -0.05) is 11.3 Å². The normalized spacial score (nSPS) is 10.8. The predicted molar refractivity (Wildman–Crippen MR) is 62.2 cm³/mol. The molecule has 0 aliphatic rings. The summed E-state index contributed by atoms with van der Waals surface area (Å²) in [5.74, 6) is -1.63. The van der Waals surface area contributed by atoms with Crippen molar-refractivity contribution in [2.45, 2.75) is 13.3 Å². The van der Waals surface area contributed by atoms with Crippen molar-refractivity contribution in [3.8, 4) is 6.07 Å². The maximum atomic E-state index is 11.4. The molecule has 0 aliphatic carbocycles. The number of hydrogen-bond acceptors (Lipinski definition) is 7. The first-order chi connectivity index (χ1) is 7.93. The van der Waals surface area contributed by atoms with E-state index < -0.39 is 21.5 Å². The van der Waals surface area contributed by atoms with E-state index in [0.717, 1.165) is 11.3 Å². The number of anilines is 1. The number of amides is 1. The van der Waals surface area contributed by atoms with Gasteiger partial charge in [0.2, 0.25) is 11.0 Å². The second-order valence-corrected chi connectivity index (χ2v) is 6.54. The van der Waals surface area contributed by atoms with Crippen LogP contribution < -0.4 is 5.32 Å². The lowest BCUT2D eigenvalue weighted by molar-refractivity contribution is -0.113. The summed E-state index contributed by atoms with van der Waals surface area (Å²) in [5, 5.41) is 18.9. The lowest BCUT2D eigenvalue weighted by Gasteiger charge is -2.01. The van der Waals surface area contributed by atoms with E-state index in [2.05, 4.69) is 15.5 Å². The van der Waals surface area contributed by atoms with Crippen LogP contribution in [0.4, 0.5) is 5.13 Å². The van der Waals surface area contributed by atoms with E-state index in [4.69, 9.17) is 5.26 Å². The number of sulfone groups is 1. The van der Waals surface area contributed by atoms with Crippen molar-refractivity contribution >= 4 is 32.2 Å². The van der Waals surface area contributed by atoms with Crippen LogP contribution >= 0.6 is 11.3 Å². The minimum Gasteiger partial charge on any atom is -0.300 e. The van der Waals surface area contributed by atoms with Crippen molar-refractivity contribution in [3.63, 3.8) is 0 Å². The van der Waals surface area contributed by atoms with E-state index in [1.54, 1.807) is 13.0 Å². The first-order valence-electron chi connectivity index (χ1n) is 4.60. The summed E-state index contributed by atoms with van der Waals surface area (Å²) in [6.45, 7) is 1.72.